The number of carbonyl (C=O) groups is 3. The molecule has 0 radical (unpaired) electrons. The number of rotatable bonds is 60. The summed E-state index contributed by atoms with van der Waals surface area (Å²) < 4.78 is 16.8. The van der Waals surface area contributed by atoms with Gasteiger partial charge in [0.1, 0.15) is 13.2 Å². The second kappa shape index (κ2) is 64.4. The fraction of sp³-hybridized carbons (Fsp3) is 0.786. The van der Waals surface area contributed by atoms with Crippen LogP contribution < -0.4 is 0 Å². The number of ether oxygens (including phenoxy) is 3. The zero-order valence-corrected chi connectivity index (χ0v) is 50.5. The van der Waals surface area contributed by atoms with Crippen LogP contribution in [0.25, 0.3) is 0 Å². The largest absolute Gasteiger partial charge is 0.462 e. The summed E-state index contributed by atoms with van der Waals surface area (Å²) in [4.78, 5) is 38.0. The molecule has 1 atom stereocenters. The van der Waals surface area contributed by atoms with E-state index in [2.05, 4.69) is 93.7 Å². The summed E-state index contributed by atoms with van der Waals surface area (Å²) in [5.74, 6) is -0.932. The predicted molar refractivity (Wildman–Crippen MR) is 330 cm³/mol. The fourth-order valence-corrected chi connectivity index (χ4v) is 9.57. The number of hydrogen-bond donors (Lipinski definition) is 0. The minimum absolute atomic E-state index is 0.0903. The van der Waals surface area contributed by atoms with E-state index in [1.807, 2.05) is 0 Å². The summed E-state index contributed by atoms with van der Waals surface area (Å²) in [6, 6.07) is 0. The zero-order chi connectivity index (χ0) is 55.0. The van der Waals surface area contributed by atoms with Gasteiger partial charge in [-0.2, -0.15) is 0 Å². The molecule has 0 aromatic rings. The normalized spacial score (nSPS) is 12.5. The number of carbonyl (C=O) groups excluding carboxylic acids is 3. The van der Waals surface area contributed by atoms with Gasteiger partial charge in [0.15, 0.2) is 6.10 Å². The maximum atomic E-state index is 12.8. The van der Waals surface area contributed by atoms with Crippen LogP contribution in [0.3, 0.4) is 0 Å². The topological polar surface area (TPSA) is 78.9 Å². The summed E-state index contributed by atoms with van der Waals surface area (Å²) in [7, 11) is 0. The molecule has 0 amide bonds. The van der Waals surface area contributed by atoms with Crippen LogP contribution in [-0.2, 0) is 28.6 Å². The molecule has 0 saturated carbocycles. The van der Waals surface area contributed by atoms with Crippen molar-refractivity contribution in [2.45, 2.75) is 341 Å². The van der Waals surface area contributed by atoms with Crippen LogP contribution in [0, 0.1) is 0 Å². The summed E-state index contributed by atoms with van der Waals surface area (Å²) >= 11 is 0. The second-order valence-corrected chi connectivity index (χ2v) is 22.0. The Labute approximate surface area is 472 Å². The maximum Gasteiger partial charge on any atom is 0.306 e. The number of esters is 3. The van der Waals surface area contributed by atoms with Crippen LogP contribution in [0.1, 0.15) is 335 Å². The highest BCUT2D eigenvalue weighted by atomic mass is 16.6. The molecule has 0 saturated heterocycles. The summed E-state index contributed by atoms with van der Waals surface area (Å²) in [6.45, 7) is 6.47. The standard InChI is InChI=1S/C70H124O6/c1-4-7-10-13-16-18-20-22-24-26-28-30-31-32-33-34-35-36-37-38-39-41-42-44-46-48-50-52-54-57-60-63-69(72)75-66-67(65-74-68(71)62-59-56-15-12-9-6-3)76-70(73)64-61-58-55-53-51-49-47-45-43-40-29-27-25-23-21-19-17-14-11-8-5-2/h8,11,17,19,23,25,29,40,45,47,51,53,67H,4-7,9-10,12-16,18,20-22,24,26-28,30-39,41-44,46,48-50,52,54-66H2,1-3H3/b11-8-,19-17-,25-23-,40-29-,47-45-,53-51-. The van der Waals surface area contributed by atoms with E-state index < -0.39 is 6.10 Å². The van der Waals surface area contributed by atoms with E-state index in [0.717, 1.165) is 89.9 Å². The van der Waals surface area contributed by atoms with Gasteiger partial charge in [0.25, 0.3) is 0 Å². The van der Waals surface area contributed by atoms with Crippen LogP contribution in [-0.4, -0.2) is 37.2 Å². The molecule has 6 nitrogen and oxygen atoms in total. The van der Waals surface area contributed by atoms with Crippen LogP contribution in [0.15, 0.2) is 72.9 Å². The Balaban J connectivity index is 4.04. The van der Waals surface area contributed by atoms with Crippen molar-refractivity contribution in [3.63, 3.8) is 0 Å². The van der Waals surface area contributed by atoms with Crippen molar-refractivity contribution in [3.05, 3.63) is 72.9 Å². The summed E-state index contributed by atoms with van der Waals surface area (Å²) in [5.41, 5.74) is 0. The van der Waals surface area contributed by atoms with Gasteiger partial charge in [0.2, 0.25) is 0 Å². The van der Waals surface area contributed by atoms with Gasteiger partial charge in [-0.15, -0.1) is 0 Å². The Bertz CT molecular complexity index is 1400. The van der Waals surface area contributed by atoms with Gasteiger partial charge in [0.05, 0.1) is 0 Å². The zero-order valence-electron chi connectivity index (χ0n) is 50.5. The quantitative estimate of drug-likeness (QED) is 0.0261. The van der Waals surface area contributed by atoms with E-state index in [-0.39, 0.29) is 37.5 Å². The van der Waals surface area contributed by atoms with Gasteiger partial charge in [-0.3, -0.25) is 14.4 Å². The molecular formula is C70H124O6. The molecule has 0 aliphatic rings. The smallest absolute Gasteiger partial charge is 0.306 e. The first kappa shape index (κ1) is 72.8. The SMILES string of the molecule is CC/C=C\C/C=C\C/C=C\C/C=C\C/C=C\C/C=C\CCCCC(=O)OC(COC(=O)CCCCCCCC)COC(=O)CCCCCCCCCCCCCCCCCCCCCCCCCCCCCCCCC. The third-order valence-corrected chi connectivity index (χ3v) is 14.5. The van der Waals surface area contributed by atoms with Crippen LogP contribution >= 0.6 is 0 Å². The molecule has 0 bridgehead atoms. The van der Waals surface area contributed by atoms with Gasteiger partial charge in [-0.05, 0) is 70.6 Å². The van der Waals surface area contributed by atoms with E-state index in [1.54, 1.807) is 0 Å². The molecule has 0 heterocycles. The van der Waals surface area contributed by atoms with E-state index in [9.17, 15) is 14.4 Å². The lowest BCUT2D eigenvalue weighted by molar-refractivity contribution is -0.167. The highest BCUT2D eigenvalue weighted by molar-refractivity contribution is 5.71. The molecule has 0 aliphatic carbocycles. The van der Waals surface area contributed by atoms with Gasteiger partial charge in [-0.25, -0.2) is 0 Å². The van der Waals surface area contributed by atoms with E-state index in [4.69, 9.17) is 14.2 Å². The lowest BCUT2D eigenvalue weighted by atomic mass is 10.0. The van der Waals surface area contributed by atoms with E-state index in [0.29, 0.717) is 19.3 Å². The second-order valence-electron chi connectivity index (χ2n) is 22.0. The fourth-order valence-electron chi connectivity index (χ4n) is 9.57. The Hall–Kier alpha value is -3.15. The molecule has 0 aromatic carbocycles. The first-order chi connectivity index (χ1) is 37.5. The first-order valence-corrected chi connectivity index (χ1v) is 32.9. The maximum absolute atomic E-state index is 12.8. The van der Waals surface area contributed by atoms with Crippen molar-refractivity contribution in [2.24, 2.45) is 0 Å². The molecule has 440 valence electrons. The predicted octanol–water partition coefficient (Wildman–Crippen LogP) is 22.5. The van der Waals surface area contributed by atoms with E-state index in [1.165, 1.54) is 199 Å². The average molecular weight is 1060 g/mol. The Morgan fingerprint density at radius 1 is 0.276 bits per heavy atom. The highest BCUT2D eigenvalue weighted by Crippen LogP contribution is 2.18. The molecule has 6 heteroatoms. The van der Waals surface area contributed by atoms with E-state index >= 15 is 0 Å². The summed E-state index contributed by atoms with van der Waals surface area (Å²) in [5, 5.41) is 0. The molecule has 1 unspecified atom stereocenters. The van der Waals surface area contributed by atoms with Crippen molar-refractivity contribution in [2.75, 3.05) is 13.2 Å². The lowest BCUT2D eigenvalue weighted by Gasteiger charge is -2.18. The molecule has 0 aliphatic heterocycles. The van der Waals surface area contributed by atoms with Crippen molar-refractivity contribution in [3.8, 4) is 0 Å². The Morgan fingerprint density at radius 2 is 0.513 bits per heavy atom. The minimum atomic E-state index is -0.795. The molecule has 0 aromatic heterocycles. The third-order valence-electron chi connectivity index (χ3n) is 14.5. The Kier molecular flexibility index (Phi) is 61.7. The number of hydrogen-bond acceptors (Lipinski definition) is 6. The van der Waals surface area contributed by atoms with Crippen molar-refractivity contribution in [1.29, 1.82) is 0 Å². The van der Waals surface area contributed by atoms with Crippen LogP contribution in [0.4, 0.5) is 0 Å². The summed E-state index contributed by atoms with van der Waals surface area (Å²) in [6.07, 6.45) is 84.1. The lowest BCUT2D eigenvalue weighted by Crippen LogP contribution is -2.30. The monoisotopic (exact) mass is 1060 g/mol. The van der Waals surface area contributed by atoms with Crippen molar-refractivity contribution >= 4 is 17.9 Å². The minimum Gasteiger partial charge on any atom is -0.462 e. The molecule has 76 heavy (non-hydrogen) atoms. The van der Waals surface area contributed by atoms with Crippen molar-refractivity contribution < 1.29 is 28.6 Å². The molecule has 0 N–H and O–H groups in total. The van der Waals surface area contributed by atoms with Gasteiger partial charge >= 0.3 is 17.9 Å². The van der Waals surface area contributed by atoms with Gasteiger partial charge in [0, 0.05) is 19.3 Å². The van der Waals surface area contributed by atoms with Crippen LogP contribution in [0.2, 0.25) is 0 Å². The highest BCUT2D eigenvalue weighted by Gasteiger charge is 2.19. The third kappa shape index (κ3) is 61.7. The molecule has 0 spiro atoms. The van der Waals surface area contributed by atoms with Gasteiger partial charge in [-0.1, -0.05) is 318 Å². The molecule has 0 rings (SSSR count). The first-order valence-electron chi connectivity index (χ1n) is 32.9. The Morgan fingerprint density at radius 3 is 0.803 bits per heavy atom. The molecule has 0 fully saturated rings. The van der Waals surface area contributed by atoms with Crippen molar-refractivity contribution in [1.82, 2.24) is 0 Å². The molecular weight excluding hydrogens is 937 g/mol. The number of allylic oxidation sites excluding steroid dienone is 12. The average Bonchev–Trinajstić information content (AvgIpc) is 3.42. The number of unbranched alkanes of at least 4 members (excludes halogenated alkanes) is 37. The van der Waals surface area contributed by atoms with Crippen LogP contribution in [0.5, 0.6) is 0 Å². The van der Waals surface area contributed by atoms with Gasteiger partial charge < -0.3 is 14.2 Å².